The zero-order valence-corrected chi connectivity index (χ0v) is 10.9. The molecule has 0 amide bonds. The summed E-state index contributed by atoms with van der Waals surface area (Å²) in [6, 6.07) is 8.06. The second kappa shape index (κ2) is 5.55. The maximum Gasteiger partial charge on any atom is 0.106 e. The van der Waals surface area contributed by atoms with Crippen LogP contribution in [0.4, 0.5) is 0 Å². The van der Waals surface area contributed by atoms with E-state index in [4.69, 9.17) is 0 Å². The molecule has 1 aromatic heterocycles. The molecular weight excluding hydrogens is 238 g/mol. The number of hydrogen-bond donors (Lipinski definition) is 0. The Kier molecular flexibility index (Phi) is 4.07. The van der Waals surface area contributed by atoms with E-state index < -0.39 is 10.8 Å². The van der Waals surface area contributed by atoms with Gasteiger partial charge in [-0.3, -0.25) is 4.21 Å². The van der Waals surface area contributed by atoms with Crippen LogP contribution in [-0.4, -0.2) is 14.9 Å². The van der Waals surface area contributed by atoms with Crippen LogP contribution < -0.4 is 0 Å². The van der Waals surface area contributed by atoms with Gasteiger partial charge in [-0.05, 0) is 18.6 Å². The Bertz CT molecular complexity index is 459. The number of aromatic nitrogens is 1. The average molecular weight is 253 g/mol. The van der Waals surface area contributed by atoms with Crippen LogP contribution in [0.25, 0.3) is 10.2 Å². The summed E-state index contributed by atoms with van der Waals surface area (Å²) in [5, 5.41) is 0.996. The maximum absolute atomic E-state index is 11.7. The lowest BCUT2D eigenvalue weighted by Crippen LogP contribution is -2.00. The Morgan fingerprint density at radius 2 is 2.19 bits per heavy atom. The normalized spacial score (nSPS) is 13.1. The highest BCUT2D eigenvalue weighted by Crippen LogP contribution is 2.22. The number of nitrogens with zero attached hydrogens (tertiary/aromatic N) is 1. The molecule has 0 radical (unpaired) electrons. The summed E-state index contributed by atoms with van der Waals surface area (Å²) in [5.74, 6) is 1.41. The van der Waals surface area contributed by atoms with Crippen LogP contribution in [0.15, 0.2) is 24.3 Å². The molecule has 1 atom stereocenters. The molecule has 0 aliphatic rings. The summed E-state index contributed by atoms with van der Waals surface area (Å²) in [6.07, 6.45) is 2.14. The number of rotatable bonds is 5. The molecule has 2 rings (SSSR count). The molecular formula is C12H15NOS2. The van der Waals surface area contributed by atoms with E-state index in [1.54, 1.807) is 11.3 Å². The van der Waals surface area contributed by atoms with Gasteiger partial charge in [0, 0.05) is 16.6 Å². The summed E-state index contributed by atoms with van der Waals surface area (Å²) in [7, 11) is -0.750. The Labute approximate surface area is 102 Å². The van der Waals surface area contributed by atoms with E-state index in [-0.39, 0.29) is 0 Å². The number of benzene rings is 1. The van der Waals surface area contributed by atoms with Crippen LogP contribution in [0.3, 0.4) is 0 Å². The number of hydrogen-bond acceptors (Lipinski definition) is 3. The van der Waals surface area contributed by atoms with E-state index in [2.05, 4.69) is 18.0 Å². The van der Waals surface area contributed by atoms with Crippen LogP contribution in [0, 0.1) is 0 Å². The molecule has 0 saturated heterocycles. The molecule has 1 aromatic carbocycles. The molecule has 2 nitrogen and oxygen atoms in total. The van der Waals surface area contributed by atoms with Crippen molar-refractivity contribution in [3.8, 4) is 0 Å². The van der Waals surface area contributed by atoms with Crippen molar-refractivity contribution >= 4 is 32.4 Å². The summed E-state index contributed by atoms with van der Waals surface area (Å²) < 4.78 is 12.9. The third kappa shape index (κ3) is 2.89. The quantitative estimate of drug-likeness (QED) is 0.818. The van der Waals surface area contributed by atoms with Gasteiger partial charge in [-0.15, -0.1) is 11.3 Å². The van der Waals surface area contributed by atoms with Crippen LogP contribution in [-0.2, 0) is 16.6 Å². The highest BCUT2D eigenvalue weighted by molar-refractivity contribution is 7.84. The fourth-order valence-electron chi connectivity index (χ4n) is 1.50. The Balaban J connectivity index is 2.07. The van der Waals surface area contributed by atoms with Gasteiger partial charge < -0.3 is 0 Å². The lowest BCUT2D eigenvalue weighted by molar-refractivity contribution is 0.679. The van der Waals surface area contributed by atoms with Gasteiger partial charge in [0.25, 0.3) is 0 Å². The third-order valence-corrected chi connectivity index (χ3v) is 4.91. The first kappa shape index (κ1) is 11.7. The second-order valence-electron chi connectivity index (χ2n) is 3.72. The van der Waals surface area contributed by atoms with Crippen LogP contribution in [0.2, 0.25) is 0 Å². The van der Waals surface area contributed by atoms with Crippen molar-refractivity contribution < 1.29 is 4.21 Å². The SMILES string of the molecule is CCCC[S@@](=O)Cc1nc2ccccc2s1. The standard InChI is InChI=1S/C12H15NOS2/c1-2-3-8-16(14)9-12-13-10-6-4-5-7-11(10)15-12/h4-7H,2-3,8-9H2,1H3/t16-/m1/s1. The molecule has 0 aliphatic carbocycles. The molecule has 0 unspecified atom stereocenters. The summed E-state index contributed by atoms with van der Waals surface area (Å²) in [5.41, 5.74) is 1.02. The molecule has 0 saturated carbocycles. The van der Waals surface area contributed by atoms with Gasteiger partial charge in [0.1, 0.15) is 5.01 Å². The van der Waals surface area contributed by atoms with Crippen LogP contribution >= 0.6 is 11.3 Å². The van der Waals surface area contributed by atoms with E-state index in [1.807, 2.05) is 18.2 Å². The van der Waals surface area contributed by atoms with Gasteiger partial charge in [0.05, 0.1) is 16.0 Å². The number of para-hydroxylation sites is 1. The lowest BCUT2D eigenvalue weighted by atomic mass is 10.3. The van der Waals surface area contributed by atoms with Gasteiger partial charge in [0.2, 0.25) is 0 Å². The predicted octanol–water partition coefficient (Wildman–Crippen LogP) is 3.35. The van der Waals surface area contributed by atoms with E-state index in [9.17, 15) is 4.21 Å². The highest BCUT2D eigenvalue weighted by Gasteiger charge is 2.06. The van der Waals surface area contributed by atoms with E-state index in [0.717, 1.165) is 29.1 Å². The van der Waals surface area contributed by atoms with E-state index >= 15 is 0 Å². The second-order valence-corrected chi connectivity index (χ2v) is 6.41. The highest BCUT2D eigenvalue weighted by atomic mass is 32.2. The number of thiazole rings is 1. The minimum absolute atomic E-state index is 0.610. The van der Waals surface area contributed by atoms with Crippen molar-refractivity contribution in [1.82, 2.24) is 4.98 Å². The van der Waals surface area contributed by atoms with Gasteiger partial charge in [0.15, 0.2) is 0 Å². The van der Waals surface area contributed by atoms with Crippen molar-refractivity contribution in [2.24, 2.45) is 0 Å². The molecule has 16 heavy (non-hydrogen) atoms. The molecule has 0 N–H and O–H groups in total. The first-order chi connectivity index (χ1) is 7.79. The molecule has 0 aliphatic heterocycles. The first-order valence-corrected chi connectivity index (χ1v) is 7.79. The Morgan fingerprint density at radius 1 is 1.38 bits per heavy atom. The largest absolute Gasteiger partial charge is 0.259 e. The fraction of sp³-hybridized carbons (Fsp3) is 0.417. The van der Waals surface area contributed by atoms with Crippen LogP contribution in [0.1, 0.15) is 24.8 Å². The Morgan fingerprint density at radius 3 is 2.94 bits per heavy atom. The van der Waals surface area contributed by atoms with Crippen LogP contribution in [0.5, 0.6) is 0 Å². The molecule has 0 spiro atoms. The number of fused-ring (bicyclic) bond motifs is 1. The molecule has 86 valence electrons. The van der Waals surface area contributed by atoms with Crippen molar-refractivity contribution in [2.45, 2.75) is 25.5 Å². The van der Waals surface area contributed by atoms with Gasteiger partial charge in [-0.2, -0.15) is 0 Å². The zero-order chi connectivity index (χ0) is 11.4. The minimum Gasteiger partial charge on any atom is -0.259 e. The first-order valence-electron chi connectivity index (χ1n) is 5.49. The molecule has 4 heteroatoms. The Hall–Kier alpha value is -0.740. The maximum atomic E-state index is 11.7. The lowest BCUT2D eigenvalue weighted by Gasteiger charge is -1.96. The van der Waals surface area contributed by atoms with E-state index in [1.165, 1.54) is 4.70 Å². The van der Waals surface area contributed by atoms with Crippen molar-refractivity contribution in [3.05, 3.63) is 29.3 Å². The zero-order valence-electron chi connectivity index (χ0n) is 9.31. The molecule has 2 aromatic rings. The molecule has 1 heterocycles. The minimum atomic E-state index is -0.750. The monoisotopic (exact) mass is 253 g/mol. The van der Waals surface area contributed by atoms with Gasteiger partial charge in [-0.1, -0.05) is 25.5 Å². The van der Waals surface area contributed by atoms with Crippen molar-refractivity contribution in [3.63, 3.8) is 0 Å². The number of unbranched alkanes of at least 4 members (excludes halogenated alkanes) is 1. The fourth-order valence-corrected chi connectivity index (χ4v) is 3.98. The third-order valence-electron chi connectivity index (χ3n) is 2.35. The summed E-state index contributed by atoms with van der Waals surface area (Å²) in [4.78, 5) is 4.49. The topological polar surface area (TPSA) is 30.0 Å². The van der Waals surface area contributed by atoms with Crippen molar-refractivity contribution in [2.75, 3.05) is 5.75 Å². The van der Waals surface area contributed by atoms with Gasteiger partial charge >= 0.3 is 0 Å². The summed E-state index contributed by atoms with van der Waals surface area (Å²) >= 11 is 1.65. The average Bonchev–Trinajstić information content (AvgIpc) is 2.68. The smallest absolute Gasteiger partial charge is 0.106 e. The van der Waals surface area contributed by atoms with Gasteiger partial charge in [-0.25, -0.2) is 4.98 Å². The predicted molar refractivity (Wildman–Crippen MR) is 71.2 cm³/mol. The molecule has 0 bridgehead atoms. The molecule has 0 fully saturated rings. The summed E-state index contributed by atoms with van der Waals surface area (Å²) in [6.45, 7) is 2.12. The van der Waals surface area contributed by atoms with E-state index in [0.29, 0.717) is 5.75 Å². The van der Waals surface area contributed by atoms with Crippen molar-refractivity contribution in [1.29, 1.82) is 0 Å².